The van der Waals surface area contributed by atoms with E-state index in [2.05, 4.69) is 29.2 Å². The molecule has 0 spiro atoms. The summed E-state index contributed by atoms with van der Waals surface area (Å²) in [6, 6.07) is 25.9. The van der Waals surface area contributed by atoms with Crippen LogP contribution < -0.4 is 19.5 Å². The Balaban J connectivity index is 1.85. The monoisotopic (exact) mass is 414 g/mol. The van der Waals surface area contributed by atoms with E-state index in [9.17, 15) is 4.79 Å². The first-order chi connectivity index (χ1) is 15.0. The highest BCUT2D eigenvalue weighted by Crippen LogP contribution is 2.39. The molecule has 31 heavy (non-hydrogen) atoms. The van der Waals surface area contributed by atoms with Gasteiger partial charge >= 0.3 is 0 Å². The topological polar surface area (TPSA) is 48.4 Å². The largest absolute Gasteiger partial charge is 0.497 e. The molecule has 158 valence electrons. The lowest BCUT2D eigenvalue weighted by Gasteiger charge is -2.32. The highest BCUT2D eigenvalue weighted by Gasteiger charge is 2.39. The second kappa shape index (κ2) is 8.52. The zero-order chi connectivity index (χ0) is 22.0. The molecule has 1 aliphatic heterocycles. The number of benzene rings is 3. The number of ketones is 1. The average molecular weight is 415 g/mol. The predicted molar refractivity (Wildman–Crippen MR) is 126 cm³/mol. The molecule has 1 unspecified atom stereocenters. The maximum absolute atomic E-state index is 12.6. The van der Waals surface area contributed by atoms with Crippen molar-refractivity contribution in [1.82, 2.24) is 0 Å². The van der Waals surface area contributed by atoms with Crippen molar-refractivity contribution < 1.29 is 9.53 Å². The van der Waals surface area contributed by atoms with E-state index in [1.807, 2.05) is 78.6 Å². The summed E-state index contributed by atoms with van der Waals surface area (Å²) in [6.45, 7) is 1.55. The van der Waals surface area contributed by atoms with E-state index in [1.54, 1.807) is 14.0 Å². The van der Waals surface area contributed by atoms with Gasteiger partial charge in [0.1, 0.15) is 5.75 Å². The van der Waals surface area contributed by atoms with Crippen LogP contribution in [0.1, 0.15) is 18.7 Å². The number of methoxy groups -OCH3 is 1. The number of ether oxygens (including phenoxy) is 1. The first kappa shape index (κ1) is 20.5. The maximum atomic E-state index is 12.6. The molecule has 6 heteroatoms. The number of rotatable bonds is 6. The van der Waals surface area contributed by atoms with Gasteiger partial charge in [0.25, 0.3) is 0 Å². The van der Waals surface area contributed by atoms with Crippen LogP contribution in [-0.2, 0) is 4.79 Å². The third-order valence-electron chi connectivity index (χ3n) is 5.30. The van der Waals surface area contributed by atoms with Crippen molar-refractivity contribution >= 4 is 28.7 Å². The van der Waals surface area contributed by atoms with Gasteiger partial charge in [0, 0.05) is 32.4 Å². The van der Waals surface area contributed by atoms with E-state index in [-0.39, 0.29) is 11.9 Å². The van der Waals surface area contributed by atoms with E-state index < -0.39 is 0 Å². The van der Waals surface area contributed by atoms with Gasteiger partial charge in [0.2, 0.25) is 0 Å². The zero-order valence-corrected chi connectivity index (χ0v) is 18.2. The Bertz CT molecular complexity index is 1080. The molecule has 6 nitrogen and oxygen atoms in total. The van der Waals surface area contributed by atoms with E-state index in [0.29, 0.717) is 5.84 Å². The van der Waals surface area contributed by atoms with Crippen molar-refractivity contribution in [3.8, 4) is 5.75 Å². The molecule has 0 saturated heterocycles. The number of hydrogen-bond acceptors (Lipinski definition) is 6. The van der Waals surface area contributed by atoms with Gasteiger partial charge in [-0.1, -0.05) is 30.3 Å². The number of anilines is 3. The Morgan fingerprint density at radius 2 is 1.55 bits per heavy atom. The van der Waals surface area contributed by atoms with Crippen molar-refractivity contribution in [2.75, 3.05) is 36.0 Å². The van der Waals surface area contributed by atoms with E-state index in [1.165, 1.54) is 0 Å². The third-order valence-corrected chi connectivity index (χ3v) is 5.30. The smallest absolute Gasteiger partial charge is 0.198 e. The number of amidine groups is 1. The molecule has 0 radical (unpaired) electrons. The first-order valence-electron chi connectivity index (χ1n) is 10.1. The van der Waals surface area contributed by atoms with Crippen LogP contribution in [0.2, 0.25) is 0 Å². The molecule has 3 aromatic rings. The maximum Gasteiger partial charge on any atom is 0.198 e. The van der Waals surface area contributed by atoms with Crippen LogP contribution in [-0.4, -0.2) is 32.8 Å². The molecule has 0 amide bonds. The highest BCUT2D eigenvalue weighted by molar-refractivity contribution is 6.44. The number of nitrogens with zero attached hydrogens (tertiary/aromatic N) is 4. The van der Waals surface area contributed by atoms with Gasteiger partial charge < -0.3 is 9.64 Å². The van der Waals surface area contributed by atoms with E-state index in [0.717, 1.165) is 28.4 Å². The summed E-state index contributed by atoms with van der Waals surface area (Å²) >= 11 is 0. The van der Waals surface area contributed by atoms with Gasteiger partial charge in [-0.25, -0.2) is 5.01 Å². The summed E-state index contributed by atoms with van der Waals surface area (Å²) in [4.78, 5) is 16.7. The molecule has 1 atom stereocenters. The van der Waals surface area contributed by atoms with Crippen LogP contribution in [0.15, 0.2) is 84.0 Å². The second-order valence-corrected chi connectivity index (χ2v) is 7.59. The number of carbonyl (C=O) groups is 1. The number of hydrazone groups is 1. The van der Waals surface area contributed by atoms with Crippen LogP contribution in [0, 0.1) is 0 Å². The minimum Gasteiger partial charge on any atom is -0.497 e. The Hall–Kier alpha value is -3.80. The number of Topliss-reactive ketones (excluding diaryl/α,β-unsaturated/α-hetero) is 1. The minimum absolute atomic E-state index is 0.0882. The summed E-state index contributed by atoms with van der Waals surface area (Å²) < 4.78 is 5.31. The minimum atomic E-state index is -0.300. The molecule has 1 heterocycles. The lowest BCUT2D eigenvalue weighted by molar-refractivity contribution is -0.111. The van der Waals surface area contributed by atoms with Crippen molar-refractivity contribution in [2.45, 2.75) is 13.1 Å². The molecule has 4 rings (SSSR count). The van der Waals surface area contributed by atoms with Crippen LogP contribution in [0.25, 0.3) is 0 Å². The summed E-state index contributed by atoms with van der Waals surface area (Å²) in [7, 11) is 5.67. The summed E-state index contributed by atoms with van der Waals surface area (Å²) in [6.07, 6.45) is -0.300. The van der Waals surface area contributed by atoms with E-state index in [4.69, 9.17) is 9.84 Å². The van der Waals surface area contributed by atoms with Crippen LogP contribution in [0.5, 0.6) is 5.75 Å². The summed E-state index contributed by atoms with van der Waals surface area (Å²) in [5.41, 5.74) is 3.93. The molecule has 0 bridgehead atoms. The molecule has 1 aliphatic rings. The molecule has 0 aliphatic carbocycles. The quantitative estimate of drug-likeness (QED) is 0.586. The summed E-state index contributed by atoms with van der Waals surface area (Å²) in [5, 5.41) is 6.66. The predicted octanol–water partition coefficient (Wildman–Crippen LogP) is 4.69. The Morgan fingerprint density at radius 1 is 0.903 bits per heavy atom. The normalized spacial score (nSPS) is 15.6. The van der Waals surface area contributed by atoms with Gasteiger partial charge in [-0.3, -0.25) is 9.69 Å². The fourth-order valence-corrected chi connectivity index (χ4v) is 3.69. The van der Waals surface area contributed by atoms with Crippen molar-refractivity contribution in [2.24, 2.45) is 5.10 Å². The molecular weight excluding hydrogens is 388 g/mol. The van der Waals surface area contributed by atoms with Gasteiger partial charge in [-0.15, -0.1) is 5.10 Å². The standard InChI is InChI=1S/C25H26N4O2/c1-18(30)24-26-29(22-14-16-23(31-4)17-15-22)25(28(24)21-8-6-5-7-9-21)19-10-12-20(13-11-19)27(2)3/h5-17,25H,1-4H3. The first-order valence-corrected chi connectivity index (χ1v) is 10.1. The zero-order valence-electron chi connectivity index (χ0n) is 18.2. The lowest BCUT2D eigenvalue weighted by Crippen LogP contribution is -2.37. The van der Waals surface area contributed by atoms with Crippen LogP contribution in [0.4, 0.5) is 17.1 Å². The number of carbonyl (C=O) groups excluding carboxylic acids is 1. The van der Waals surface area contributed by atoms with Gasteiger partial charge in [-0.2, -0.15) is 0 Å². The van der Waals surface area contributed by atoms with Gasteiger partial charge in [0.15, 0.2) is 17.8 Å². The molecular formula is C25H26N4O2. The van der Waals surface area contributed by atoms with Crippen molar-refractivity contribution in [3.05, 3.63) is 84.4 Å². The SMILES string of the molecule is COc1ccc(N2N=C(C(C)=O)N(c3ccccc3)C2c2ccc(N(C)C)cc2)cc1. The lowest BCUT2D eigenvalue weighted by atomic mass is 10.1. The molecule has 0 N–H and O–H groups in total. The van der Waals surface area contributed by atoms with Crippen LogP contribution >= 0.6 is 0 Å². The Labute approximate surface area is 183 Å². The average Bonchev–Trinajstić information content (AvgIpc) is 3.21. The molecule has 0 aromatic heterocycles. The molecule has 0 fully saturated rings. The fraction of sp³-hybridized carbons (Fsp3) is 0.200. The summed E-state index contributed by atoms with van der Waals surface area (Å²) in [5.74, 6) is 1.09. The van der Waals surface area contributed by atoms with Crippen molar-refractivity contribution in [3.63, 3.8) is 0 Å². The second-order valence-electron chi connectivity index (χ2n) is 7.59. The Morgan fingerprint density at radius 3 is 2.10 bits per heavy atom. The van der Waals surface area contributed by atoms with E-state index >= 15 is 0 Å². The number of hydrogen-bond donors (Lipinski definition) is 0. The van der Waals surface area contributed by atoms with Crippen LogP contribution in [0.3, 0.4) is 0 Å². The molecule has 0 saturated carbocycles. The highest BCUT2D eigenvalue weighted by atomic mass is 16.5. The van der Waals surface area contributed by atoms with Crippen molar-refractivity contribution in [1.29, 1.82) is 0 Å². The van der Waals surface area contributed by atoms with Gasteiger partial charge in [0.05, 0.1) is 12.8 Å². The number of para-hydroxylation sites is 1. The van der Waals surface area contributed by atoms with Gasteiger partial charge in [-0.05, 0) is 54.1 Å². The Kier molecular flexibility index (Phi) is 5.62. The molecule has 3 aromatic carbocycles. The fourth-order valence-electron chi connectivity index (χ4n) is 3.69. The third kappa shape index (κ3) is 3.97.